The van der Waals surface area contributed by atoms with Gasteiger partial charge in [0.05, 0.1) is 6.20 Å². The van der Waals surface area contributed by atoms with Crippen molar-refractivity contribution in [3.05, 3.63) is 17.8 Å². The fraction of sp³-hybridized carbons (Fsp3) is 0.556. The quantitative estimate of drug-likeness (QED) is 0.764. The largest absolute Gasteiger partial charge is 0.481 e. The molecule has 1 N–H and O–H groups in total. The summed E-state index contributed by atoms with van der Waals surface area (Å²) >= 11 is 0. The van der Waals surface area contributed by atoms with E-state index in [0.717, 1.165) is 12.8 Å². The minimum atomic E-state index is -0.886. The number of nitrogens with zero attached hydrogens (tertiary/aromatic N) is 1. The van der Waals surface area contributed by atoms with E-state index in [1.165, 1.54) is 6.20 Å². The maximum absolute atomic E-state index is 10.4. The first-order valence-corrected chi connectivity index (χ1v) is 4.27. The van der Waals surface area contributed by atoms with Crippen molar-refractivity contribution < 1.29 is 14.3 Å². The van der Waals surface area contributed by atoms with Crippen LogP contribution in [0.15, 0.2) is 10.6 Å². The highest BCUT2D eigenvalue weighted by Gasteiger charge is 2.43. The second-order valence-electron chi connectivity index (χ2n) is 3.76. The van der Waals surface area contributed by atoms with E-state index < -0.39 is 5.97 Å². The Morgan fingerprint density at radius 1 is 1.77 bits per heavy atom. The average molecular weight is 181 g/mol. The number of rotatable bonds is 3. The Balaban J connectivity index is 2.14. The molecule has 4 nitrogen and oxygen atoms in total. The highest BCUT2D eigenvalue weighted by Crippen LogP contribution is 2.46. The van der Waals surface area contributed by atoms with Crippen molar-refractivity contribution in [1.82, 2.24) is 4.98 Å². The lowest BCUT2D eigenvalue weighted by molar-refractivity contribution is -0.136. The Kier molecular flexibility index (Phi) is 1.65. The van der Waals surface area contributed by atoms with Gasteiger partial charge in [0.15, 0.2) is 5.89 Å². The standard InChI is InChI=1S/C9H11NO3/c1-9(2-3-9)8-10-5-6(13-8)4-7(11)12/h5H,2-4H2,1H3,(H,11,12). The van der Waals surface area contributed by atoms with Crippen LogP contribution in [0.2, 0.25) is 0 Å². The zero-order valence-corrected chi connectivity index (χ0v) is 7.41. The Morgan fingerprint density at radius 3 is 3.00 bits per heavy atom. The molecular formula is C9H11NO3. The van der Waals surface area contributed by atoms with Gasteiger partial charge >= 0.3 is 5.97 Å². The van der Waals surface area contributed by atoms with E-state index in [4.69, 9.17) is 9.52 Å². The summed E-state index contributed by atoms with van der Waals surface area (Å²) in [7, 11) is 0. The summed E-state index contributed by atoms with van der Waals surface area (Å²) in [4.78, 5) is 14.4. The molecule has 70 valence electrons. The van der Waals surface area contributed by atoms with E-state index in [9.17, 15) is 4.79 Å². The van der Waals surface area contributed by atoms with Gasteiger partial charge in [0.25, 0.3) is 0 Å². The highest BCUT2D eigenvalue weighted by atomic mass is 16.4. The van der Waals surface area contributed by atoms with E-state index >= 15 is 0 Å². The van der Waals surface area contributed by atoms with Gasteiger partial charge < -0.3 is 9.52 Å². The van der Waals surface area contributed by atoms with Crippen LogP contribution < -0.4 is 0 Å². The van der Waals surface area contributed by atoms with Crippen molar-refractivity contribution in [1.29, 1.82) is 0 Å². The van der Waals surface area contributed by atoms with Crippen LogP contribution in [0.3, 0.4) is 0 Å². The fourth-order valence-corrected chi connectivity index (χ4v) is 1.22. The van der Waals surface area contributed by atoms with E-state index in [-0.39, 0.29) is 11.8 Å². The Hall–Kier alpha value is -1.32. The van der Waals surface area contributed by atoms with Crippen molar-refractivity contribution >= 4 is 5.97 Å². The van der Waals surface area contributed by atoms with Gasteiger partial charge in [-0.3, -0.25) is 4.79 Å². The first-order valence-electron chi connectivity index (χ1n) is 4.27. The van der Waals surface area contributed by atoms with Crippen LogP contribution in [0.5, 0.6) is 0 Å². The normalized spacial score (nSPS) is 18.5. The second kappa shape index (κ2) is 2.58. The minimum Gasteiger partial charge on any atom is -0.481 e. The number of carbonyl (C=O) groups is 1. The Labute approximate surface area is 75.6 Å². The third kappa shape index (κ3) is 1.56. The molecule has 4 heteroatoms. The SMILES string of the molecule is CC1(c2ncc(CC(=O)O)o2)CC1. The molecule has 1 aliphatic rings. The van der Waals surface area contributed by atoms with Crippen LogP contribution in [0.1, 0.15) is 31.4 Å². The third-order valence-electron chi connectivity index (χ3n) is 2.40. The van der Waals surface area contributed by atoms with E-state index in [0.29, 0.717) is 11.7 Å². The molecule has 1 aromatic rings. The molecule has 0 atom stereocenters. The van der Waals surface area contributed by atoms with Gasteiger partial charge in [0.2, 0.25) is 0 Å². The first kappa shape index (κ1) is 8.29. The lowest BCUT2D eigenvalue weighted by Gasteiger charge is -1.99. The van der Waals surface area contributed by atoms with Gasteiger partial charge in [0.1, 0.15) is 12.2 Å². The molecule has 1 fully saturated rings. The number of oxazole rings is 1. The van der Waals surface area contributed by atoms with E-state index in [1.807, 2.05) is 0 Å². The summed E-state index contributed by atoms with van der Waals surface area (Å²) in [5, 5.41) is 8.51. The molecule has 0 bridgehead atoms. The average Bonchev–Trinajstić information content (AvgIpc) is 2.62. The maximum atomic E-state index is 10.4. The number of carboxylic acids is 1. The predicted octanol–water partition coefficient (Wildman–Crippen LogP) is 1.35. The van der Waals surface area contributed by atoms with Crippen LogP contribution in [-0.2, 0) is 16.6 Å². The van der Waals surface area contributed by atoms with E-state index in [1.54, 1.807) is 0 Å². The molecule has 0 aromatic carbocycles. The molecular weight excluding hydrogens is 170 g/mol. The zero-order chi connectivity index (χ0) is 9.47. The monoisotopic (exact) mass is 181 g/mol. The number of hydrogen-bond donors (Lipinski definition) is 1. The van der Waals surface area contributed by atoms with Gasteiger partial charge in [0, 0.05) is 5.41 Å². The van der Waals surface area contributed by atoms with Crippen LogP contribution >= 0.6 is 0 Å². The maximum Gasteiger partial charge on any atom is 0.311 e. The first-order chi connectivity index (χ1) is 6.10. The molecule has 0 radical (unpaired) electrons. The van der Waals surface area contributed by atoms with Crippen LogP contribution in [0, 0.1) is 0 Å². The molecule has 1 saturated carbocycles. The molecule has 1 aromatic heterocycles. The summed E-state index contributed by atoms with van der Waals surface area (Å²) < 4.78 is 5.33. The van der Waals surface area contributed by atoms with Crippen LogP contribution in [0.4, 0.5) is 0 Å². The Bertz CT molecular complexity index is 338. The van der Waals surface area contributed by atoms with Gasteiger partial charge in [-0.25, -0.2) is 4.98 Å². The minimum absolute atomic E-state index is 0.0801. The summed E-state index contributed by atoms with van der Waals surface area (Å²) in [6.45, 7) is 2.07. The topological polar surface area (TPSA) is 63.3 Å². The molecule has 0 saturated heterocycles. The molecule has 0 amide bonds. The van der Waals surface area contributed by atoms with Crippen molar-refractivity contribution in [3.8, 4) is 0 Å². The molecule has 0 aliphatic heterocycles. The lowest BCUT2D eigenvalue weighted by Crippen LogP contribution is -2.00. The summed E-state index contributed by atoms with van der Waals surface area (Å²) in [5.41, 5.74) is 0.0801. The third-order valence-corrected chi connectivity index (χ3v) is 2.40. The van der Waals surface area contributed by atoms with Crippen molar-refractivity contribution in [2.45, 2.75) is 31.6 Å². The van der Waals surface area contributed by atoms with Crippen LogP contribution in [0.25, 0.3) is 0 Å². The number of aliphatic carboxylic acids is 1. The summed E-state index contributed by atoms with van der Waals surface area (Å²) in [5.74, 6) is 0.239. The molecule has 13 heavy (non-hydrogen) atoms. The zero-order valence-electron chi connectivity index (χ0n) is 7.41. The van der Waals surface area contributed by atoms with Gasteiger partial charge in [-0.15, -0.1) is 0 Å². The van der Waals surface area contributed by atoms with Crippen molar-refractivity contribution in [3.63, 3.8) is 0 Å². The fourth-order valence-electron chi connectivity index (χ4n) is 1.22. The van der Waals surface area contributed by atoms with Crippen molar-refractivity contribution in [2.24, 2.45) is 0 Å². The second-order valence-corrected chi connectivity index (χ2v) is 3.76. The van der Waals surface area contributed by atoms with E-state index in [2.05, 4.69) is 11.9 Å². The molecule has 2 rings (SSSR count). The summed E-state index contributed by atoms with van der Waals surface area (Å²) in [6.07, 6.45) is 3.59. The molecule has 0 spiro atoms. The Morgan fingerprint density at radius 2 is 2.46 bits per heavy atom. The predicted molar refractivity (Wildman–Crippen MR) is 44.4 cm³/mol. The van der Waals surface area contributed by atoms with Crippen LogP contribution in [-0.4, -0.2) is 16.1 Å². The summed E-state index contributed by atoms with van der Waals surface area (Å²) in [6, 6.07) is 0. The van der Waals surface area contributed by atoms with Gasteiger partial charge in [-0.05, 0) is 12.8 Å². The lowest BCUT2D eigenvalue weighted by atomic mass is 10.1. The number of carboxylic acid groups (broad SMARTS) is 1. The number of aromatic nitrogens is 1. The number of hydrogen-bond acceptors (Lipinski definition) is 3. The van der Waals surface area contributed by atoms with Gasteiger partial charge in [-0.1, -0.05) is 6.92 Å². The molecule has 1 aliphatic carbocycles. The molecule has 1 heterocycles. The smallest absolute Gasteiger partial charge is 0.311 e. The highest BCUT2D eigenvalue weighted by molar-refractivity contribution is 5.69. The molecule has 0 unspecified atom stereocenters. The van der Waals surface area contributed by atoms with Crippen molar-refractivity contribution in [2.75, 3.05) is 0 Å². The van der Waals surface area contributed by atoms with Gasteiger partial charge in [-0.2, -0.15) is 0 Å².